The zero-order valence-electron chi connectivity index (χ0n) is 13.4. The Morgan fingerprint density at radius 3 is 2.75 bits per heavy atom. The van der Waals surface area contributed by atoms with Crippen LogP contribution in [0.5, 0.6) is 11.5 Å². The molecule has 1 atom stereocenters. The molecule has 2 aromatic carbocycles. The monoisotopic (exact) mass is 323 g/mol. The van der Waals surface area contributed by atoms with Gasteiger partial charge in [-0.05, 0) is 18.2 Å². The van der Waals surface area contributed by atoms with Crippen LogP contribution >= 0.6 is 0 Å². The summed E-state index contributed by atoms with van der Waals surface area (Å²) in [4.78, 5) is 16.7. The number of carbonyl (C=O) groups is 1. The van der Waals surface area contributed by atoms with Crippen LogP contribution in [0, 0.1) is 0 Å². The van der Waals surface area contributed by atoms with E-state index in [2.05, 4.69) is 10.3 Å². The third-order valence-corrected chi connectivity index (χ3v) is 4.33. The lowest BCUT2D eigenvalue weighted by atomic mass is 9.99. The molecule has 0 aliphatic carbocycles. The fourth-order valence-electron chi connectivity index (χ4n) is 3.31. The number of para-hydroxylation sites is 3. The summed E-state index contributed by atoms with van der Waals surface area (Å²) in [5.41, 5.74) is 2.72. The maximum atomic E-state index is 12.2. The van der Waals surface area contributed by atoms with Crippen molar-refractivity contribution in [3.8, 4) is 11.5 Å². The van der Waals surface area contributed by atoms with Crippen molar-refractivity contribution in [3.63, 3.8) is 0 Å². The molecule has 3 aromatic rings. The highest BCUT2D eigenvalue weighted by molar-refractivity contribution is 5.94. The molecule has 2 heterocycles. The van der Waals surface area contributed by atoms with Crippen LogP contribution in [0.3, 0.4) is 0 Å². The fraction of sp³-hybridized carbons (Fsp3) is 0.222. The van der Waals surface area contributed by atoms with Crippen LogP contribution in [0.25, 0.3) is 11.0 Å². The predicted octanol–water partition coefficient (Wildman–Crippen LogP) is 2.99. The molecule has 1 aliphatic rings. The van der Waals surface area contributed by atoms with Crippen molar-refractivity contribution >= 4 is 22.9 Å². The maximum Gasteiger partial charge on any atom is 0.229 e. The number of anilines is 1. The zero-order valence-corrected chi connectivity index (χ0v) is 13.4. The lowest BCUT2D eigenvalue weighted by molar-refractivity contribution is -0.117. The smallest absolute Gasteiger partial charge is 0.229 e. The molecule has 24 heavy (non-hydrogen) atoms. The summed E-state index contributed by atoms with van der Waals surface area (Å²) in [7, 11) is 3.21. The van der Waals surface area contributed by atoms with Crippen LogP contribution in [0.1, 0.15) is 18.0 Å². The van der Waals surface area contributed by atoms with Gasteiger partial charge in [0.05, 0.1) is 37.7 Å². The third kappa shape index (κ3) is 2.11. The molecule has 1 aromatic heterocycles. The van der Waals surface area contributed by atoms with Crippen molar-refractivity contribution in [1.82, 2.24) is 9.55 Å². The second-order valence-corrected chi connectivity index (χ2v) is 5.64. The van der Waals surface area contributed by atoms with Crippen LogP contribution in [0.2, 0.25) is 0 Å². The van der Waals surface area contributed by atoms with Crippen LogP contribution < -0.4 is 14.8 Å². The van der Waals surface area contributed by atoms with Crippen molar-refractivity contribution in [3.05, 3.63) is 48.0 Å². The standard InChI is InChI=1S/C18H17N3O3/c1-23-15-9-5-6-11(17(15)24-2)14-10-16(22)20-18-19-12-7-3-4-8-13(12)21(14)18/h3-9,14H,10H2,1-2H3,(H,19,20,22)/t14-/m0/s1. The molecule has 0 radical (unpaired) electrons. The van der Waals surface area contributed by atoms with Gasteiger partial charge in [0.2, 0.25) is 11.9 Å². The van der Waals surface area contributed by atoms with Gasteiger partial charge < -0.3 is 14.0 Å². The molecule has 6 heteroatoms. The summed E-state index contributed by atoms with van der Waals surface area (Å²) in [6.45, 7) is 0. The number of fused-ring (bicyclic) bond motifs is 3. The number of aromatic nitrogens is 2. The number of rotatable bonds is 3. The number of carbonyl (C=O) groups excluding carboxylic acids is 1. The SMILES string of the molecule is COc1cccc([C@@H]2CC(=O)Nc3nc4ccccc4n32)c1OC. The molecule has 6 nitrogen and oxygen atoms in total. The van der Waals surface area contributed by atoms with Gasteiger partial charge in [-0.2, -0.15) is 0 Å². The summed E-state index contributed by atoms with van der Waals surface area (Å²) in [5.74, 6) is 1.78. The number of methoxy groups -OCH3 is 2. The number of hydrogen-bond donors (Lipinski definition) is 1. The largest absolute Gasteiger partial charge is 0.493 e. The highest BCUT2D eigenvalue weighted by atomic mass is 16.5. The molecule has 1 N–H and O–H groups in total. The van der Waals surface area contributed by atoms with Crippen LogP contribution in [-0.2, 0) is 4.79 Å². The minimum absolute atomic E-state index is 0.0623. The van der Waals surface area contributed by atoms with Gasteiger partial charge in [-0.1, -0.05) is 24.3 Å². The minimum atomic E-state index is -0.203. The maximum absolute atomic E-state index is 12.2. The van der Waals surface area contributed by atoms with Crippen molar-refractivity contribution in [1.29, 1.82) is 0 Å². The quantitative estimate of drug-likeness (QED) is 0.805. The summed E-state index contributed by atoms with van der Waals surface area (Å²) < 4.78 is 13.0. The number of nitrogens with zero attached hydrogens (tertiary/aromatic N) is 2. The number of imidazole rings is 1. The molecule has 0 bridgehead atoms. The Kier molecular flexibility index (Phi) is 3.37. The first-order chi connectivity index (χ1) is 11.7. The molecular formula is C18H17N3O3. The van der Waals surface area contributed by atoms with E-state index in [9.17, 15) is 4.79 Å². The van der Waals surface area contributed by atoms with Gasteiger partial charge in [0.15, 0.2) is 11.5 Å². The first-order valence-corrected chi connectivity index (χ1v) is 7.70. The summed E-state index contributed by atoms with van der Waals surface area (Å²) in [6.07, 6.45) is 0.316. The highest BCUT2D eigenvalue weighted by Crippen LogP contribution is 2.41. The van der Waals surface area contributed by atoms with Gasteiger partial charge >= 0.3 is 0 Å². The Morgan fingerprint density at radius 2 is 1.96 bits per heavy atom. The van der Waals surface area contributed by atoms with Gasteiger partial charge in [-0.15, -0.1) is 0 Å². The molecule has 4 rings (SSSR count). The second kappa shape index (κ2) is 5.56. The van der Waals surface area contributed by atoms with Gasteiger partial charge in [-0.3, -0.25) is 10.1 Å². The van der Waals surface area contributed by atoms with E-state index in [1.54, 1.807) is 14.2 Å². The van der Waals surface area contributed by atoms with Gasteiger partial charge in [0.1, 0.15) is 0 Å². The van der Waals surface area contributed by atoms with E-state index in [-0.39, 0.29) is 11.9 Å². The number of hydrogen-bond acceptors (Lipinski definition) is 4. The molecule has 0 saturated heterocycles. The van der Waals surface area contributed by atoms with E-state index < -0.39 is 0 Å². The van der Waals surface area contributed by atoms with Crippen LogP contribution in [-0.4, -0.2) is 29.7 Å². The fourth-order valence-corrected chi connectivity index (χ4v) is 3.31. The number of ether oxygens (including phenoxy) is 2. The summed E-state index contributed by atoms with van der Waals surface area (Å²) >= 11 is 0. The molecule has 0 spiro atoms. The van der Waals surface area contributed by atoms with Crippen molar-refractivity contribution < 1.29 is 14.3 Å². The molecule has 0 unspecified atom stereocenters. The lowest BCUT2D eigenvalue weighted by Gasteiger charge is -2.27. The number of amides is 1. The molecule has 122 valence electrons. The molecule has 0 fully saturated rings. The molecule has 1 amide bonds. The van der Waals surface area contributed by atoms with Crippen molar-refractivity contribution in [2.24, 2.45) is 0 Å². The Balaban J connectivity index is 1.97. The van der Waals surface area contributed by atoms with Crippen molar-refractivity contribution in [2.75, 3.05) is 19.5 Å². The molecule has 1 aliphatic heterocycles. The molecule has 0 saturated carbocycles. The van der Waals surface area contributed by atoms with E-state index in [1.165, 1.54) is 0 Å². The normalized spacial score (nSPS) is 16.6. The van der Waals surface area contributed by atoms with E-state index in [1.807, 2.05) is 47.0 Å². The Labute approximate surface area is 139 Å². The number of nitrogens with one attached hydrogen (secondary N) is 1. The predicted molar refractivity (Wildman–Crippen MR) is 90.7 cm³/mol. The van der Waals surface area contributed by atoms with E-state index >= 15 is 0 Å². The van der Waals surface area contributed by atoms with Gasteiger partial charge in [0, 0.05) is 5.56 Å². The van der Waals surface area contributed by atoms with Crippen LogP contribution in [0.15, 0.2) is 42.5 Å². The van der Waals surface area contributed by atoms with Gasteiger partial charge in [-0.25, -0.2) is 4.98 Å². The first-order valence-electron chi connectivity index (χ1n) is 7.70. The van der Waals surface area contributed by atoms with E-state index in [0.29, 0.717) is 23.9 Å². The third-order valence-electron chi connectivity index (χ3n) is 4.33. The zero-order chi connectivity index (χ0) is 16.7. The Bertz CT molecular complexity index is 932. The summed E-state index contributed by atoms with van der Waals surface area (Å²) in [6, 6.07) is 13.3. The average molecular weight is 323 g/mol. The number of benzene rings is 2. The second-order valence-electron chi connectivity index (χ2n) is 5.64. The minimum Gasteiger partial charge on any atom is -0.493 e. The summed E-state index contributed by atoms with van der Waals surface area (Å²) in [5, 5.41) is 2.86. The first kappa shape index (κ1) is 14.6. The van der Waals surface area contributed by atoms with Gasteiger partial charge in [0.25, 0.3) is 0 Å². The average Bonchev–Trinajstić information content (AvgIpc) is 2.98. The van der Waals surface area contributed by atoms with E-state index in [4.69, 9.17) is 9.47 Å². The topological polar surface area (TPSA) is 65.4 Å². The Hall–Kier alpha value is -3.02. The lowest BCUT2D eigenvalue weighted by Crippen LogP contribution is -2.28. The highest BCUT2D eigenvalue weighted by Gasteiger charge is 2.31. The van der Waals surface area contributed by atoms with Crippen LogP contribution in [0.4, 0.5) is 5.95 Å². The Morgan fingerprint density at radius 1 is 1.12 bits per heavy atom. The van der Waals surface area contributed by atoms with E-state index in [0.717, 1.165) is 16.6 Å². The molecular weight excluding hydrogens is 306 g/mol. The van der Waals surface area contributed by atoms with Crippen molar-refractivity contribution in [2.45, 2.75) is 12.5 Å².